The third kappa shape index (κ3) is 4.11. The van der Waals surface area contributed by atoms with Crippen molar-refractivity contribution in [3.63, 3.8) is 0 Å². The van der Waals surface area contributed by atoms with E-state index in [2.05, 4.69) is 10.2 Å². The molecule has 4 amide bonds. The molecule has 200 valence electrons. The van der Waals surface area contributed by atoms with Gasteiger partial charge in [0.25, 0.3) is 5.69 Å². The topological polar surface area (TPSA) is 131 Å². The van der Waals surface area contributed by atoms with E-state index in [0.717, 1.165) is 35.4 Å². The second-order valence-corrected chi connectivity index (χ2v) is 9.93. The number of anilines is 1. The molecule has 2 aromatic rings. The van der Waals surface area contributed by atoms with Gasteiger partial charge in [0, 0.05) is 37.3 Å². The number of hydrogen-bond donors (Lipinski definition) is 1. The van der Waals surface area contributed by atoms with Gasteiger partial charge in [-0.25, -0.2) is 4.79 Å². The zero-order chi connectivity index (χ0) is 27.0. The summed E-state index contributed by atoms with van der Waals surface area (Å²) in [5, 5.41) is 13.9. The number of amides is 4. The van der Waals surface area contributed by atoms with Crippen LogP contribution in [0, 0.1) is 15.5 Å². The number of hydrogen-bond acceptors (Lipinski definition) is 8. The second-order valence-electron chi connectivity index (χ2n) is 9.93. The molecule has 2 atom stereocenters. The lowest BCUT2D eigenvalue weighted by molar-refractivity contribution is -0.384. The van der Waals surface area contributed by atoms with E-state index in [1.807, 2.05) is 6.07 Å². The van der Waals surface area contributed by atoms with Gasteiger partial charge >= 0.3 is 6.03 Å². The number of imide groups is 2. The van der Waals surface area contributed by atoms with Crippen LogP contribution in [0.1, 0.15) is 36.8 Å². The smallest absolute Gasteiger partial charge is 0.330 e. The summed E-state index contributed by atoms with van der Waals surface area (Å²) in [4.78, 5) is 54.9. The molecule has 2 unspecified atom stereocenters. The fraction of sp³-hybridized carbons (Fsp3) is 0.444. The summed E-state index contributed by atoms with van der Waals surface area (Å²) in [6, 6.07) is 8.78. The summed E-state index contributed by atoms with van der Waals surface area (Å²) in [6.07, 6.45) is 3.61. The van der Waals surface area contributed by atoms with E-state index in [-0.39, 0.29) is 18.7 Å². The molecule has 5 rings (SSSR count). The molecule has 11 heteroatoms. The molecule has 11 nitrogen and oxygen atoms in total. The Morgan fingerprint density at radius 1 is 1.05 bits per heavy atom. The van der Waals surface area contributed by atoms with Gasteiger partial charge in [-0.15, -0.1) is 0 Å². The average Bonchev–Trinajstić information content (AvgIpc) is 3.18. The molecule has 3 aliphatic rings. The predicted octanol–water partition coefficient (Wildman–Crippen LogP) is 3.22. The molecule has 2 fully saturated rings. The Hall–Kier alpha value is -4.15. The van der Waals surface area contributed by atoms with Crippen molar-refractivity contribution in [1.29, 1.82) is 0 Å². The van der Waals surface area contributed by atoms with Gasteiger partial charge in [0.1, 0.15) is 0 Å². The first-order valence-electron chi connectivity index (χ1n) is 12.7. The van der Waals surface area contributed by atoms with Gasteiger partial charge in [0.15, 0.2) is 16.9 Å². The summed E-state index contributed by atoms with van der Waals surface area (Å²) in [5.74, 6) is -0.0913. The average molecular weight is 523 g/mol. The van der Waals surface area contributed by atoms with Crippen molar-refractivity contribution in [1.82, 2.24) is 10.2 Å². The Kier molecular flexibility index (Phi) is 6.68. The lowest BCUT2D eigenvalue weighted by atomic mass is 9.67. The number of nitro benzene ring substituents is 1. The molecule has 0 radical (unpaired) electrons. The van der Waals surface area contributed by atoms with Crippen LogP contribution in [-0.2, 0) is 22.4 Å². The van der Waals surface area contributed by atoms with Crippen molar-refractivity contribution in [2.45, 2.75) is 44.6 Å². The normalized spacial score (nSPS) is 22.9. The Morgan fingerprint density at radius 2 is 1.84 bits per heavy atom. The van der Waals surface area contributed by atoms with Crippen molar-refractivity contribution in [3.8, 4) is 11.5 Å². The molecular weight excluding hydrogens is 492 g/mol. The number of urea groups is 1. The van der Waals surface area contributed by atoms with Crippen molar-refractivity contribution in [2.75, 3.05) is 32.2 Å². The SMILES string of the molecule is COc1ccc(CCN2C(=O)NC(=O)C3(Cc4cc([N+](=O)[O-])ccc4N4CCCCCC43)C2=O)cc1OC. The minimum atomic E-state index is -1.56. The quantitative estimate of drug-likeness (QED) is 0.348. The largest absolute Gasteiger partial charge is 0.493 e. The number of fused-ring (bicyclic) bond motifs is 4. The van der Waals surface area contributed by atoms with Crippen LogP contribution in [-0.4, -0.2) is 61.0 Å². The number of ether oxygens (including phenoxy) is 2. The number of non-ortho nitro benzene ring substituents is 1. The summed E-state index contributed by atoms with van der Waals surface area (Å²) in [6.45, 7) is 0.682. The Morgan fingerprint density at radius 3 is 2.58 bits per heavy atom. The number of carbonyl (C=O) groups is 3. The van der Waals surface area contributed by atoms with Gasteiger partial charge in [0.2, 0.25) is 11.8 Å². The summed E-state index contributed by atoms with van der Waals surface area (Å²) in [5.41, 5.74) is 0.544. The number of methoxy groups -OCH3 is 2. The van der Waals surface area contributed by atoms with Crippen molar-refractivity contribution in [2.24, 2.45) is 5.41 Å². The fourth-order valence-corrected chi connectivity index (χ4v) is 6.07. The van der Waals surface area contributed by atoms with E-state index >= 15 is 0 Å². The summed E-state index contributed by atoms with van der Waals surface area (Å²) in [7, 11) is 3.07. The van der Waals surface area contributed by atoms with Crippen LogP contribution in [0.25, 0.3) is 0 Å². The highest BCUT2D eigenvalue weighted by molar-refractivity contribution is 6.20. The van der Waals surface area contributed by atoms with Gasteiger partial charge in [-0.1, -0.05) is 18.9 Å². The molecule has 3 heterocycles. The van der Waals surface area contributed by atoms with E-state index < -0.39 is 34.2 Å². The van der Waals surface area contributed by atoms with Gasteiger partial charge < -0.3 is 14.4 Å². The zero-order valence-corrected chi connectivity index (χ0v) is 21.4. The Labute approximate surface area is 219 Å². The van der Waals surface area contributed by atoms with Crippen LogP contribution in [0.4, 0.5) is 16.2 Å². The lowest BCUT2D eigenvalue weighted by Crippen LogP contribution is -2.72. The first-order valence-corrected chi connectivity index (χ1v) is 12.7. The molecule has 0 saturated carbocycles. The molecule has 1 spiro atoms. The Balaban J connectivity index is 1.51. The minimum absolute atomic E-state index is 0.00398. The van der Waals surface area contributed by atoms with E-state index in [9.17, 15) is 24.5 Å². The van der Waals surface area contributed by atoms with E-state index in [4.69, 9.17) is 9.47 Å². The third-order valence-corrected chi connectivity index (χ3v) is 7.94. The van der Waals surface area contributed by atoms with Crippen molar-refractivity contribution >= 4 is 29.2 Å². The number of nitro groups is 1. The minimum Gasteiger partial charge on any atom is -0.493 e. The molecule has 38 heavy (non-hydrogen) atoms. The maximum atomic E-state index is 14.2. The number of barbiturate groups is 1. The maximum absolute atomic E-state index is 14.2. The number of rotatable bonds is 6. The lowest BCUT2D eigenvalue weighted by Gasteiger charge is -2.51. The maximum Gasteiger partial charge on any atom is 0.330 e. The molecule has 1 N–H and O–H groups in total. The van der Waals surface area contributed by atoms with Gasteiger partial charge in [0.05, 0.1) is 25.2 Å². The third-order valence-electron chi connectivity index (χ3n) is 7.94. The number of nitrogens with one attached hydrogen (secondary N) is 1. The molecular formula is C27H30N4O7. The monoisotopic (exact) mass is 522 g/mol. The van der Waals surface area contributed by atoms with Crippen LogP contribution in [0.3, 0.4) is 0 Å². The summed E-state index contributed by atoms with van der Waals surface area (Å²) < 4.78 is 10.6. The number of carbonyl (C=O) groups excluding carboxylic acids is 3. The van der Waals surface area contributed by atoms with Gasteiger partial charge in [-0.2, -0.15) is 0 Å². The molecule has 2 aromatic carbocycles. The highest BCUT2D eigenvalue weighted by atomic mass is 16.6. The molecule has 0 aromatic heterocycles. The highest BCUT2D eigenvalue weighted by Gasteiger charge is 2.61. The number of benzene rings is 2. The molecule has 0 bridgehead atoms. The van der Waals surface area contributed by atoms with Crippen LogP contribution in [0.2, 0.25) is 0 Å². The van der Waals surface area contributed by atoms with Crippen LogP contribution >= 0.6 is 0 Å². The summed E-state index contributed by atoms with van der Waals surface area (Å²) >= 11 is 0. The Bertz CT molecular complexity index is 1310. The van der Waals surface area contributed by atoms with Crippen LogP contribution < -0.4 is 19.7 Å². The number of nitrogens with zero attached hydrogens (tertiary/aromatic N) is 3. The van der Waals surface area contributed by atoms with E-state index in [0.29, 0.717) is 36.4 Å². The fourth-order valence-electron chi connectivity index (χ4n) is 6.07. The van der Waals surface area contributed by atoms with Crippen molar-refractivity contribution < 1.29 is 28.8 Å². The van der Waals surface area contributed by atoms with Crippen molar-refractivity contribution in [3.05, 3.63) is 57.6 Å². The molecule has 2 saturated heterocycles. The van der Waals surface area contributed by atoms with Crippen LogP contribution in [0.15, 0.2) is 36.4 Å². The standard InChI is InChI=1S/C27H30N4O7/c1-37-21-10-7-17(14-22(21)38-2)11-13-30-25(33)27(24(32)28-26(30)34)16-18-15-19(31(35)36)8-9-20(18)29-12-5-3-4-6-23(27)29/h7-10,14-15,23H,3-6,11-13,16H2,1-2H3,(H,28,32,34). The first-order chi connectivity index (χ1) is 18.3. The zero-order valence-electron chi connectivity index (χ0n) is 21.4. The van der Waals surface area contributed by atoms with Gasteiger partial charge in [-0.05, 0) is 48.6 Å². The predicted molar refractivity (Wildman–Crippen MR) is 137 cm³/mol. The van der Waals surface area contributed by atoms with Gasteiger partial charge in [-0.3, -0.25) is 29.9 Å². The molecule has 3 aliphatic heterocycles. The van der Waals surface area contributed by atoms with Crippen LogP contribution in [0.5, 0.6) is 11.5 Å². The highest BCUT2D eigenvalue weighted by Crippen LogP contribution is 2.48. The van der Waals surface area contributed by atoms with E-state index in [1.54, 1.807) is 25.3 Å². The first kappa shape index (κ1) is 25.5. The molecule has 0 aliphatic carbocycles. The van der Waals surface area contributed by atoms with E-state index in [1.165, 1.54) is 19.2 Å². The second kappa shape index (κ2) is 9.96.